The first-order chi connectivity index (χ1) is 12.7. The van der Waals surface area contributed by atoms with Gasteiger partial charge in [0.25, 0.3) is 0 Å². The molecule has 0 atom stereocenters. The number of rotatable bonds is 3. The minimum Gasteiger partial charge on any atom is -0.147 e. The van der Waals surface area contributed by atoms with Gasteiger partial charge in [0, 0.05) is 0 Å². The topological polar surface area (TPSA) is 9.23 Å². The van der Waals surface area contributed by atoms with Crippen LogP contribution in [0.3, 0.4) is 0 Å². The summed E-state index contributed by atoms with van der Waals surface area (Å²) in [5.74, 6) is 1.21. The molecule has 0 saturated carbocycles. The molecule has 1 aromatic carbocycles. The van der Waals surface area contributed by atoms with E-state index in [-0.39, 0.29) is 35.6 Å². The molecule has 1 aliphatic carbocycles. The Morgan fingerprint density at radius 1 is 0.900 bits per heavy atom. The van der Waals surface area contributed by atoms with Crippen LogP contribution in [-0.2, 0) is 23.2 Å². The van der Waals surface area contributed by atoms with Crippen LogP contribution in [0.5, 0.6) is 5.75 Å². The van der Waals surface area contributed by atoms with Crippen molar-refractivity contribution in [2.24, 2.45) is 5.41 Å². The van der Waals surface area contributed by atoms with Crippen molar-refractivity contribution in [3.63, 3.8) is 0 Å². The zero-order valence-electron chi connectivity index (χ0n) is 21.1. The molecule has 1 nitrogen and oxygen atoms in total. The van der Waals surface area contributed by atoms with Crippen LogP contribution < -0.4 is 8.51 Å². The molecule has 0 radical (unpaired) electrons. The summed E-state index contributed by atoms with van der Waals surface area (Å²) < 4.78 is 10.2. The van der Waals surface area contributed by atoms with E-state index in [1.807, 2.05) is 0 Å². The van der Waals surface area contributed by atoms with E-state index in [0.717, 1.165) is 16.7 Å². The summed E-state index contributed by atoms with van der Waals surface area (Å²) in [6.45, 7) is 25.4. The second-order valence-corrected chi connectivity index (χ2v) is 15.5. The average Bonchev–Trinajstić information content (AvgIpc) is 3.00. The molecule has 0 fully saturated rings. The quantitative estimate of drug-likeness (QED) is 0.450. The van der Waals surface area contributed by atoms with E-state index in [0.29, 0.717) is 0 Å². The van der Waals surface area contributed by atoms with Gasteiger partial charge in [0.1, 0.15) is 0 Å². The molecule has 1 aliphatic rings. The van der Waals surface area contributed by atoms with Crippen molar-refractivity contribution < 1.29 is 21.1 Å². The van der Waals surface area contributed by atoms with E-state index in [1.165, 1.54) is 42.6 Å². The molecule has 0 unspecified atom stereocenters. The Labute approximate surface area is 207 Å². The third-order valence-electron chi connectivity index (χ3n) is 5.98. The predicted molar refractivity (Wildman–Crippen MR) is 141 cm³/mol. The largest absolute Gasteiger partial charge is 0.147 e. The Balaban J connectivity index is 0.00000420. The first-order valence-corrected chi connectivity index (χ1v) is 13.7. The van der Waals surface area contributed by atoms with Crippen molar-refractivity contribution in [3.8, 4) is 5.75 Å². The van der Waals surface area contributed by atoms with Gasteiger partial charge in [-0.1, -0.05) is 0 Å². The van der Waals surface area contributed by atoms with Crippen LogP contribution in [0.1, 0.15) is 84.1 Å². The molecular formula is C25H42Cl2OSiTi. The van der Waals surface area contributed by atoms with Gasteiger partial charge in [-0.05, 0) is 0 Å². The van der Waals surface area contributed by atoms with Crippen LogP contribution in [-0.4, -0.2) is 14.1 Å². The SMILES string of the molecule is C[C](C)=[Ti]([O]c1c(C)c(C)c(C)c(C(C)(C)C)c1[SiH3])[C]1=C(C(C)(C)C)C=CC1.Cl.Cl. The summed E-state index contributed by atoms with van der Waals surface area (Å²) in [4.78, 5) is 0. The maximum Gasteiger partial charge on any atom is -0.147 e. The van der Waals surface area contributed by atoms with E-state index in [1.54, 1.807) is 3.88 Å². The van der Waals surface area contributed by atoms with Gasteiger partial charge < -0.3 is 0 Å². The number of benzene rings is 1. The summed E-state index contributed by atoms with van der Waals surface area (Å²) in [6, 6.07) is 0. The number of hydrogen-bond donors (Lipinski definition) is 0. The van der Waals surface area contributed by atoms with Gasteiger partial charge >= 0.3 is 183 Å². The summed E-state index contributed by atoms with van der Waals surface area (Å²) in [6.07, 6.45) is 5.76. The molecule has 0 bridgehead atoms. The van der Waals surface area contributed by atoms with E-state index in [2.05, 4.69) is 88.3 Å². The van der Waals surface area contributed by atoms with Crippen LogP contribution in [0.4, 0.5) is 0 Å². The van der Waals surface area contributed by atoms with Crippen LogP contribution in [0, 0.1) is 26.2 Å². The van der Waals surface area contributed by atoms with Crippen LogP contribution in [0.15, 0.2) is 21.6 Å². The van der Waals surface area contributed by atoms with Crippen molar-refractivity contribution in [2.75, 3.05) is 0 Å². The second-order valence-electron chi connectivity index (χ2n) is 10.6. The normalized spacial score (nSPS) is 13.8. The predicted octanol–water partition coefficient (Wildman–Crippen LogP) is 6.13. The fourth-order valence-electron chi connectivity index (χ4n) is 4.58. The molecule has 0 spiro atoms. The average molecular weight is 505 g/mol. The molecule has 5 heteroatoms. The number of halogens is 2. The fraction of sp³-hybridized carbons (Fsp3) is 0.560. The van der Waals surface area contributed by atoms with Crippen LogP contribution >= 0.6 is 24.8 Å². The van der Waals surface area contributed by atoms with Gasteiger partial charge in [-0.15, -0.1) is 24.8 Å². The molecule has 30 heavy (non-hydrogen) atoms. The Hall–Kier alpha value is -0.119. The first-order valence-electron chi connectivity index (χ1n) is 10.5. The zero-order valence-corrected chi connectivity index (χ0v) is 26.3. The summed E-state index contributed by atoms with van der Waals surface area (Å²) >= 11 is -2.00. The molecular weight excluding hydrogens is 463 g/mol. The fourth-order valence-corrected chi connectivity index (χ4v) is 10.3. The number of hydrogen-bond acceptors (Lipinski definition) is 1. The van der Waals surface area contributed by atoms with Crippen LogP contribution in [0.25, 0.3) is 0 Å². The summed E-state index contributed by atoms with van der Waals surface area (Å²) in [5, 5.41) is 1.48. The van der Waals surface area contributed by atoms with Gasteiger partial charge in [-0.25, -0.2) is 0 Å². The third kappa shape index (κ3) is 6.01. The molecule has 0 amide bonds. The zero-order chi connectivity index (χ0) is 21.6. The van der Waals surface area contributed by atoms with E-state index in [9.17, 15) is 0 Å². The van der Waals surface area contributed by atoms with E-state index in [4.69, 9.17) is 3.32 Å². The second kappa shape index (κ2) is 10.7. The van der Waals surface area contributed by atoms with Crippen molar-refractivity contribution in [2.45, 2.75) is 88.0 Å². The van der Waals surface area contributed by atoms with E-state index < -0.39 is 17.8 Å². The van der Waals surface area contributed by atoms with Gasteiger partial charge in [-0.2, -0.15) is 0 Å². The van der Waals surface area contributed by atoms with Crippen LogP contribution in [0.2, 0.25) is 0 Å². The molecule has 170 valence electrons. The molecule has 0 N–H and O–H groups in total. The Kier molecular flexibility index (Phi) is 10.6. The minimum absolute atomic E-state index is 0. The summed E-state index contributed by atoms with van der Waals surface area (Å²) in [5.41, 5.74) is 7.56. The smallest absolute Gasteiger partial charge is 0.147 e. The maximum absolute atomic E-state index is 7.08. The molecule has 0 aliphatic heterocycles. The van der Waals surface area contributed by atoms with Gasteiger partial charge in [-0.3, -0.25) is 0 Å². The molecule has 2 rings (SSSR count). The van der Waals surface area contributed by atoms with Gasteiger partial charge in [0.15, 0.2) is 0 Å². The third-order valence-corrected chi connectivity index (χ3v) is 10.6. The van der Waals surface area contributed by atoms with E-state index >= 15 is 0 Å². The first kappa shape index (κ1) is 29.9. The Morgan fingerprint density at radius 3 is 1.87 bits per heavy atom. The van der Waals surface area contributed by atoms with Crippen molar-refractivity contribution >= 4 is 44.1 Å². The van der Waals surface area contributed by atoms with Gasteiger partial charge in [0.2, 0.25) is 0 Å². The van der Waals surface area contributed by atoms with Crippen molar-refractivity contribution in [1.29, 1.82) is 0 Å². The standard InChI is InChI=1S/C13H22OSi.C9H13.C3H6.2ClH.Ti/c1-7-8(2)10(13(4,5)6)12(15)11(14)9(7)3;1-9(2,3)8-6-4-5-7-8;1-3-2;;;/h14H,1-6,15H3;4,6H,5H2,1-3H3;1-2H3;2*1H;/q;;;;;+1/p-1. The Bertz CT molecular complexity index is 893. The molecule has 1 aromatic rings. The summed E-state index contributed by atoms with van der Waals surface area (Å²) in [7, 11) is 1.02. The molecule has 0 aromatic heterocycles. The van der Waals surface area contributed by atoms with Crippen molar-refractivity contribution in [1.82, 2.24) is 0 Å². The number of allylic oxidation sites excluding steroid dienone is 4. The molecule has 0 heterocycles. The Morgan fingerprint density at radius 2 is 1.43 bits per heavy atom. The monoisotopic (exact) mass is 504 g/mol. The van der Waals surface area contributed by atoms with Crippen molar-refractivity contribution in [3.05, 3.63) is 43.9 Å². The maximum atomic E-state index is 7.08. The minimum atomic E-state index is -2.00. The molecule has 0 saturated heterocycles. The van der Waals surface area contributed by atoms with Gasteiger partial charge in [0.05, 0.1) is 0 Å².